The van der Waals surface area contributed by atoms with Crippen molar-refractivity contribution in [1.82, 2.24) is 0 Å². The molecule has 0 atom stereocenters. The molecule has 0 spiro atoms. The average molecular weight is 795 g/mol. The highest BCUT2D eigenvalue weighted by Crippen LogP contribution is 2.64. The fraction of sp³-hybridized carbons (Fsp3) is 1.00. The predicted octanol–water partition coefficient (Wildman–Crippen LogP) is 11.9. The first-order valence-electron chi connectivity index (χ1n) is 15.5. The predicted molar refractivity (Wildman–Crippen MR) is 150 cm³/mol. The van der Waals surface area contributed by atoms with Gasteiger partial charge in [-0.3, -0.25) is 0 Å². The standard InChI is InChI=1S/C27H43F17O3Si2/c1-6-45-49(46-7-2,47-8-3)18-15-13-11-9-10-12-14-17-48(4,5)19-16-20(28,29)21(30,31)22(32,33)23(34,35)24(36,37)25(38,39)26(40,41)27(42,43)44/h6-19H2,1-5H3. The minimum Gasteiger partial charge on any atom is -0.374 e. The van der Waals surface area contributed by atoms with Gasteiger partial charge in [-0.05, 0) is 27.2 Å². The highest BCUT2D eigenvalue weighted by atomic mass is 28.4. The van der Waals surface area contributed by atoms with E-state index in [9.17, 15) is 74.6 Å². The number of alkyl halides is 17. The van der Waals surface area contributed by atoms with Crippen LogP contribution < -0.4 is 0 Å². The topological polar surface area (TPSA) is 27.7 Å². The maximum absolute atomic E-state index is 14.3. The molecule has 0 aromatic heterocycles. The molecule has 296 valence electrons. The summed E-state index contributed by atoms with van der Waals surface area (Å²) in [6.07, 6.45) is -5.41. The van der Waals surface area contributed by atoms with Crippen LogP contribution in [0.15, 0.2) is 0 Å². The summed E-state index contributed by atoms with van der Waals surface area (Å²) < 4.78 is 247. The molecule has 0 aliphatic carbocycles. The Bertz CT molecular complexity index is 975. The molecule has 0 unspecified atom stereocenters. The van der Waals surface area contributed by atoms with Crippen LogP contribution >= 0.6 is 0 Å². The molecule has 0 aliphatic heterocycles. The number of hydrogen-bond donors (Lipinski definition) is 0. The molecule has 0 rings (SSSR count). The summed E-state index contributed by atoms with van der Waals surface area (Å²) >= 11 is 0. The lowest BCUT2D eigenvalue weighted by Crippen LogP contribution is -2.74. The van der Waals surface area contributed by atoms with Gasteiger partial charge in [-0.25, -0.2) is 0 Å². The molecule has 49 heavy (non-hydrogen) atoms. The van der Waals surface area contributed by atoms with E-state index in [-0.39, 0.29) is 6.04 Å². The summed E-state index contributed by atoms with van der Waals surface area (Å²) in [6.45, 7) is 9.42. The van der Waals surface area contributed by atoms with Gasteiger partial charge in [0.1, 0.15) is 0 Å². The molecule has 0 bridgehead atoms. The number of halogens is 17. The third-order valence-electron chi connectivity index (χ3n) is 7.83. The van der Waals surface area contributed by atoms with Crippen LogP contribution in [0.4, 0.5) is 74.6 Å². The zero-order valence-electron chi connectivity index (χ0n) is 27.5. The van der Waals surface area contributed by atoms with E-state index in [1.54, 1.807) is 0 Å². The Hall–Kier alpha value is -0.876. The van der Waals surface area contributed by atoms with Gasteiger partial charge in [0.05, 0.1) is 0 Å². The third-order valence-corrected chi connectivity index (χ3v) is 14.3. The molecule has 0 radical (unpaired) electrons. The summed E-state index contributed by atoms with van der Waals surface area (Å²) in [5.74, 6) is -55.9. The first kappa shape index (κ1) is 48.1. The van der Waals surface area contributed by atoms with E-state index < -0.39 is 77.0 Å². The van der Waals surface area contributed by atoms with Crippen LogP contribution in [0, 0.1) is 0 Å². The average Bonchev–Trinajstić information content (AvgIpc) is 2.94. The maximum Gasteiger partial charge on any atom is 0.500 e. The monoisotopic (exact) mass is 794 g/mol. The van der Waals surface area contributed by atoms with Crippen molar-refractivity contribution in [2.24, 2.45) is 0 Å². The van der Waals surface area contributed by atoms with Crippen LogP contribution in [0.25, 0.3) is 0 Å². The van der Waals surface area contributed by atoms with Crippen LogP contribution in [0.3, 0.4) is 0 Å². The normalized spacial score (nSPS) is 15.3. The SMILES string of the molecule is CCO[Si](CCCCCCCCC[Si](C)(C)CCC(F)(F)C(F)(F)C(F)(F)C(F)(F)C(F)(F)C(F)(F)C(F)(F)C(F)(F)F)(OCC)OCC. The zero-order valence-corrected chi connectivity index (χ0v) is 29.5. The van der Waals surface area contributed by atoms with Crippen molar-refractivity contribution in [3.63, 3.8) is 0 Å². The second kappa shape index (κ2) is 17.3. The highest BCUT2D eigenvalue weighted by molar-refractivity contribution is 6.77. The molecule has 3 nitrogen and oxygen atoms in total. The van der Waals surface area contributed by atoms with Gasteiger partial charge in [0.25, 0.3) is 0 Å². The van der Waals surface area contributed by atoms with Gasteiger partial charge < -0.3 is 13.3 Å². The minimum absolute atomic E-state index is 0.142. The molecule has 0 aliphatic rings. The van der Waals surface area contributed by atoms with Gasteiger partial charge in [-0.1, -0.05) is 63.7 Å². The molecule has 0 heterocycles. The molecule has 0 amide bonds. The molecular formula is C27H43F17O3Si2. The van der Waals surface area contributed by atoms with E-state index in [0.29, 0.717) is 45.1 Å². The fourth-order valence-electron chi connectivity index (χ4n) is 4.80. The largest absolute Gasteiger partial charge is 0.500 e. The quantitative estimate of drug-likeness (QED) is 0.0523. The van der Waals surface area contributed by atoms with Crippen LogP contribution in [-0.2, 0) is 13.3 Å². The molecule has 22 heteroatoms. The molecule has 0 aromatic carbocycles. The van der Waals surface area contributed by atoms with Gasteiger partial charge >= 0.3 is 56.4 Å². The number of rotatable bonds is 25. The maximum atomic E-state index is 14.3. The van der Waals surface area contributed by atoms with E-state index in [4.69, 9.17) is 13.3 Å². The Morgan fingerprint density at radius 2 is 0.694 bits per heavy atom. The molecule has 0 N–H and O–H groups in total. The van der Waals surface area contributed by atoms with E-state index in [2.05, 4.69) is 0 Å². The lowest BCUT2D eigenvalue weighted by Gasteiger charge is -2.43. The lowest BCUT2D eigenvalue weighted by atomic mass is 9.88. The van der Waals surface area contributed by atoms with Crippen molar-refractivity contribution in [3.8, 4) is 0 Å². The Morgan fingerprint density at radius 3 is 1.04 bits per heavy atom. The van der Waals surface area contributed by atoms with Crippen molar-refractivity contribution in [2.75, 3.05) is 19.8 Å². The number of unbranched alkanes of at least 4 members (excludes halogenated alkanes) is 6. The van der Waals surface area contributed by atoms with E-state index >= 15 is 0 Å². The second-order valence-electron chi connectivity index (χ2n) is 12.3. The summed E-state index contributed by atoms with van der Waals surface area (Å²) in [5.41, 5.74) is 0. The fourth-order valence-corrected chi connectivity index (χ4v) is 9.94. The molecule has 0 saturated heterocycles. The Labute approximate surface area is 276 Å². The Balaban J connectivity index is 5.29. The smallest absolute Gasteiger partial charge is 0.374 e. The summed E-state index contributed by atoms with van der Waals surface area (Å²) in [5, 5.41) is 0. The molecule has 0 saturated carbocycles. The van der Waals surface area contributed by atoms with Crippen molar-refractivity contribution >= 4 is 16.9 Å². The van der Waals surface area contributed by atoms with Crippen LogP contribution in [0.1, 0.15) is 72.1 Å². The third kappa shape index (κ3) is 10.6. The van der Waals surface area contributed by atoms with Crippen molar-refractivity contribution in [1.29, 1.82) is 0 Å². The van der Waals surface area contributed by atoms with Crippen LogP contribution in [0.2, 0.25) is 31.2 Å². The summed E-state index contributed by atoms with van der Waals surface area (Å²) in [4.78, 5) is 0. The lowest BCUT2D eigenvalue weighted by molar-refractivity contribution is -0.461. The first-order chi connectivity index (χ1) is 21.8. The van der Waals surface area contributed by atoms with E-state index in [0.717, 1.165) is 25.7 Å². The molecule has 0 fully saturated rings. The highest BCUT2D eigenvalue weighted by Gasteiger charge is 2.95. The minimum atomic E-state index is -8.60. The van der Waals surface area contributed by atoms with Gasteiger partial charge in [0.2, 0.25) is 0 Å². The van der Waals surface area contributed by atoms with E-state index in [1.165, 1.54) is 13.1 Å². The second-order valence-corrected chi connectivity index (χ2v) is 20.3. The van der Waals surface area contributed by atoms with Gasteiger partial charge in [-0.2, -0.15) is 74.6 Å². The van der Waals surface area contributed by atoms with Crippen molar-refractivity contribution < 1.29 is 87.9 Å². The van der Waals surface area contributed by atoms with Gasteiger partial charge in [0, 0.05) is 40.4 Å². The van der Waals surface area contributed by atoms with Crippen molar-refractivity contribution in [2.45, 2.75) is 151 Å². The van der Waals surface area contributed by atoms with Crippen LogP contribution in [0.5, 0.6) is 0 Å². The van der Waals surface area contributed by atoms with Gasteiger partial charge in [0.15, 0.2) is 0 Å². The summed E-state index contributed by atoms with van der Waals surface area (Å²) in [6, 6.07) is -0.233. The number of hydrogen-bond acceptors (Lipinski definition) is 3. The summed E-state index contributed by atoms with van der Waals surface area (Å²) in [7, 11) is -5.79. The first-order valence-corrected chi connectivity index (χ1v) is 20.8. The Morgan fingerprint density at radius 1 is 0.388 bits per heavy atom. The van der Waals surface area contributed by atoms with Crippen molar-refractivity contribution in [3.05, 3.63) is 0 Å². The van der Waals surface area contributed by atoms with E-state index in [1.807, 2.05) is 20.8 Å². The zero-order chi connectivity index (χ0) is 39.0. The Kier molecular flexibility index (Phi) is 17.0. The van der Waals surface area contributed by atoms with Gasteiger partial charge in [-0.15, -0.1) is 0 Å². The molecule has 0 aromatic rings. The van der Waals surface area contributed by atoms with Crippen LogP contribution in [-0.4, -0.2) is 84.3 Å². The molecular weight excluding hydrogens is 751 g/mol.